The first-order chi connectivity index (χ1) is 14.1. The molecule has 0 spiro atoms. The first-order valence-corrected chi connectivity index (χ1v) is 11.0. The van der Waals surface area contributed by atoms with Crippen LogP contribution in [0.4, 0.5) is 0 Å². The summed E-state index contributed by atoms with van der Waals surface area (Å²) in [7, 11) is 1.56. The molecule has 4 rings (SSSR count). The van der Waals surface area contributed by atoms with Gasteiger partial charge in [-0.3, -0.25) is 9.59 Å². The van der Waals surface area contributed by atoms with E-state index in [1.54, 1.807) is 36.8 Å². The second kappa shape index (κ2) is 8.90. The zero-order valence-electron chi connectivity index (χ0n) is 16.6. The van der Waals surface area contributed by atoms with Crippen LogP contribution in [0.2, 0.25) is 0 Å². The lowest BCUT2D eigenvalue weighted by atomic mass is 9.98. The summed E-state index contributed by atoms with van der Waals surface area (Å²) in [4.78, 5) is 35.4. The molecule has 2 fully saturated rings. The van der Waals surface area contributed by atoms with Gasteiger partial charge in [-0.2, -0.15) is 0 Å². The molecular weight excluding hydrogens is 388 g/mol. The number of likely N-dealkylation sites (tertiary alicyclic amines) is 1. The Morgan fingerprint density at radius 2 is 2.17 bits per heavy atom. The third-order valence-corrected chi connectivity index (χ3v) is 6.50. The lowest BCUT2D eigenvalue weighted by Crippen LogP contribution is -2.39. The number of nitrogens with one attached hydrogen (secondary N) is 1. The van der Waals surface area contributed by atoms with E-state index in [1.165, 1.54) is 0 Å². The third kappa shape index (κ3) is 4.93. The number of aromatic nitrogens is 2. The minimum atomic E-state index is 0.00409. The van der Waals surface area contributed by atoms with Crippen molar-refractivity contribution in [3.63, 3.8) is 0 Å². The second-order valence-corrected chi connectivity index (χ2v) is 8.56. The van der Waals surface area contributed by atoms with E-state index in [9.17, 15) is 9.59 Å². The predicted molar refractivity (Wildman–Crippen MR) is 110 cm³/mol. The van der Waals surface area contributed by atoms with Crippen LogP contribution in [0, 0.1) is 5.92 Å². The molecule has 1 atom stereocenters. The van der Waals surface area contributed by atoms with Gasteiger partial charge in [-0.05, 0) is 31.7 Å². The van der Waals surface area contributed by atoms with Crippen LogP contribution in [0.15, 0.2) is 23.7 Å². The summed E-state index contributed by atoms with van der Waals surface area (Å²) in [5, 5.41) is 6.15. The average molecular weight is 415 g/mol. The van der Waals surface area contributed by atoms with E-state index in [2.05, 4.69) is 15.7 Å². The first kappa shape index (κ1) is 19.8. The quantitative estimate of drug-likeness (QED) is 0.753. The fourth-order valence-corrected chi connectivity index (χ4v) is 4.58. The van der Waals surface area contributed by atoms with Crippen LogP contribution in [-0.4, -0.2) is 53.4 Å². The van der Waals surface area contributed by atoms with E-state index < -0.39 is 0 Å². The van der Waals surface area contributed by atoms with Crippen LogP contribution < -0.4 is 10.1 Å². The monoisotopic (exact) mass is 414 g/mol. The van der Waals surface area contributed by atoms with Crippen LogP contribution in [0.25, 0.3) is 0 Å². The molecule has 0 bridgehead atoms. The number of carbonyl (C=O) groups excluding carboxylic acids is 2. The summed E-state index contributed by atoms with van der Waals surface area (Å²) in [6.45, 7) is 2.07. The molecule has 1 saturated carbocycles. The molecule has 1 aliphatic carbocycles. The number of hydrogen-bond acceptors (Lipinski definition) is 6. The molecule has 1 unspecified atom stereocenters. The van der Waals surface area contributed by atoms with Gasteiger partial charge in [0.25, 0.3) is 5.91 Å². The highest BCUT2D eigenvalue weighted by Crippen LogP contribution is 2.30. The Bertz CT molecular complexity index is 863. The molecule has 7 nitrogen and oxygen atoms in total. The molecule has 2 amide bonds. The molecule has 2 aliphatic rings. The van der Waals surface area contributed by atoms with E-state index in [-0.39, 0.29) is 23.7 Å². The number of methoxy groups -OCH3 is 1. The number of nitrogens with zero attached hydrogens (tertiary/aromatic N) is 3. The lowest BCUT2D eigenvalue weighted by molar-refractivity contribution is -0.122. The van der Waals surface area contributed by atoms with Crippen LogP contribution in [0.3, 0.4) is 0 Å². The third-order valence-electron chi connectivity index (χ3n) is 5.45. The molecule has 0 aromatic carbocycles. The zero-order chi connectivity index (χ0) is 20.2. The Kier molecular flexibility index (Phi) is 6.08. The van der Waals surface area contributed by atoms with Crippen molar-refractivity contribution in [2.24, 2.45) is 5.92 Å². The van der Waals surface area contributed by atoms with Crippen LogP contribution in [0.5, 0.6) is 5.88 Å². The average Bonchev–Trinajstić information content (AvgIpc) is 3.52. The normalized spacial score (nSPS) is 19.1. The molecule has 1 N–H and O–H groups in total. The van der Waals surface area contributed by atoms with Gasteiger partial charge in [-0.25, -0.2) is 9.97 Å². The minimum absolute atomic E-state index is 0.00409. The summed E-state index contributed by atoms with van der Waals surface area (Å²) >= 11 is 1.66. The summed E-state index contributed by atoms with van der Waals surface area (Å²) in [6, 6.07) is 3.47. The molecule has 0 radical (unpaired) electrons. The maximum Gasteiger partial charge on any atom is 0.255 e. The van der Waals surface area contributed by atoms with E-state index in [4.69, 9.17) is 9.72 Å². The summed E-state index contributed by atoms with van der Waals surface area (Å²) < 4.78 is 5.06. The van der Waals surface area contributed by atoms with E-state index >= 15 is 0 Å². The Morgan fingerprint density at radius 3 is 2.90 bits per heavy atom. The highest BCUT2D eigenvalue weighted by molar-refractivity contribution is 7.09. The van der Waals surface area contributed by atoms with Gasteiger partial charge in [0.05, 0.1) is 23.4 Å². The van der Waals surface area contributed by atoms with Crippen molar-refractivity contribution < 1.29 is 14.3 Å². The molecule has 29 heavy (non-hydrogen) atoms. The van der Waals surface area contributed by atoms with Gasteiger partial charge < -0.3 is 15.0 Å². The van der Waals surface area contributed by atoms with Crippen LogP contribution in [-0.2, 0) is 11.2 Å². The van der Waals surface area contributed by atoms with Gasteiger partial charge in [0.2, 0.25) is 11.8 Å². The van der Waals surface area contributed by atoms with Gasteiger partial charge in [0, 0.05) is 55.5 Å². The molecule has 154 valence electrons. The Labute approximate surface area is 174 Å². The highest BCUT2D eigenvalue weighted by Gasteiger charge is 2.29. The highest BCUT2D eigenvalue weighted by atomic mass is 32.1. The van der Waals surface area contributed by atoms with Gasteiger partial charge in [0.15, 0.2) is 0 Å². The van der Waals surface area contributed by atoms with Crippen LogP contribution >= 0.6 is 11.3 Å². The van der Waals surface area contributed by atoms with Gasteiger partial charge in [-0.15, -0.1) is 11.3 Å². The molecule has 2 aromatic rings. The predicted octanol–water partition coefficient (Wildman–Crippen LogP) is 2.64. The van der Waals surface area contributed by atoms with Crippen LogP contribution in [0.1, 0.15) is 52.7 Å². The van der Waals surface area contributed by atoms with Crippen molar-refractivity contribution in [1.82, 2.24) is 20.2 Å². The number of ether oxygens (including phenoxy) is 1. The molecular formula is C21H26N4O3S. The summed E-state index contributed by atoms with van der Waals surface area (Å²) in [5.41, 5.74) is 1.60. The van der Waals surface area contributed by atoms with Gasteiger partial charge >= 0.3 is 0 Å². The SMILES string of the molecule is COc1ccc(C(=O)N2CCCC(c3nc(CCNC(=O)C4CC4)cs3)C2)cn1. The van der Waals surface area contributed by atoms with E-state index in [1.807, 2.05) is 4.90 Å². The molecule has 3 heterocycles. The smallest absolute Gasteiger partial charge is 0.255 e. The number of amides is 2. The first-order valence-electron chi connectivity index (χ1n) is 10.2. The van der Waals surface area contributed by atoms with E-state index in [0.717, 1.165) is 49.4 Å². The Balaban J connectivity index is 1.32. The molecule has 1 aliphatic heterocycles. The Morgan fingerprint density at radius 1 is 1.31 bits per heavy atom. The molecule has 8 heteroatoms. The second-order valence-electron chi connectivity index (χ2n) is 7.67. The number of pyridine rings is 1. The standard InChI is InChI=1S/C21H26N4O3S/c1-28-18-7-6-15(11-23-18)21(27)25-10-2-3-16(12-25)20-24-17(13-29-20)8-9-22-19(26)14-4-5-14/h6-7,11,13-14,16H,2-5,8-10,12H2,1H3,(H,22,26). The fourth-order valence-electron chi connectivity index (χ4n) is 3.60. The number of carbonyl (C=O) groups is 2. The van der Waals surface area contributed by atoms with Crippen molar-refractivity contribution in [2.45, 2.75) is 38.0 Å². The van der Waals surface area contributed by atoms with Crippen molar-refractivity contribution in [1.29, 1.82) is 0 Å². The molecule has 1 saturated heterocycles. The minimum Gasteiger partial charge on any atom is -0.481 e. The summed E-state index contributed by atoms with van der Waals surface area (Å²) in [6.07, 6.45) is 6.37. The molecule has 2 aromatic heterocycles. The maximum absolute atomic E-state index is 12.8. The zero-order valence-corrected chi connectivity index (χ0v) is 17.4. The Hall–Kier alpha value is -2.48. The number of rotatable bonds is 7. The van der Waals surface area contributed by atoms with Crippen molar-refractivity contribution in [3.8, 4) is 5.88 Å². The van der Waals surface area contributed by atoms with Crippen molar-refractivity contribution in [2.75, 3.05) is 26.7 Å². The number of hydrogen-bond donors (Lipinski definition) is 1. The topological polar surface area (TPSA) is 84.4 Å². The maximum atomic E-state index is 12.8. The van der Waals surface area contributed by atoms with Crippen molar-refractivity contribution in [3.05, 3.63) is 40.0 Å². The number of thiazole rings is 1. The fraction of sp³-hybridized carbons (Fsp3) is 0.524. The van der Waals surface area contributed by atoms with Gasteiger partial charge in [0.1, 0.15) is 0 Å². The number of piperidine rings is 1. The summed E-state index contributed by atoms with van der Waals surface area (Å²) in [5.74, 6) is 1.19. The largest absolute Gasteiger partial charge is 0.481 e. The van der Waals surface area contributed by atoms with E-state index in [0.29, 0.717) is 24.5 Å². The van der Waals surface area contributed by atoms with Crippen molar-refractivity contribution >= 4 is 23.2 Å². The van der Waals surface area contributed by atoms with Gasteiger partial charge in [-0.1, -0.05) is 0 Å². The lowest BCUT2D eigenvalue weighted by Gasteiger charge is -2.31.